The first-order chi connectivity index (χ1) is 16.1. The Bertz CT molecular complexity index is 1050. The fraction of sp³-hybridized carbons (Fsp3) is 0.226. The molecule has 1 N–H and O–H groups in total. The van der Waals surface area contributed by atoms with Gasteiger partial charge < -0.3 is 0 Å². The quantitative estimate of drug-likeness (QED) is 0.275. The number of nitrogens with one attached hydrogen (secondary N) is 1. The summed E-state index contributed by atoms with van der Waals surface area (Å²) in [5, 5.41) is 3.96. The van der Waals surface area contributed by atoms with E-state index in [-0.39, 0.29) is 12.1 Å². The van der Waals surface area contributed by atoms with E-state index in [9.17, 15) is 0 Å². The molecule has 0 aliphatic heterocycles. The molecule has 0 saturated carbocycles. The molecule has 0 aliphatic carbocycles. The number of hydrogen-bond acceptors (Lipinski definition) is 2. The molecule has 3 unspecified atom stereocenters. The van der Waals surface area contributed by atoms with Gasteiger partial charge >= 0.3 is 0 Å². The Morgan fingerprint density at radius 2 is 1.00 bits per heavy atom. The maximum Gasteiger partial charge on any atom is 0.0958 e. The number of hydrogen-bond donors (Lipinski definition) is 1. The highest BCUT2D eigenvalue weighted by atomic mass is 15.3. The zero-order valence-electron chi connectivity index (χ0n) is 19.9. The van der Waals surface area contributed by atoms with Crippen LogP contribution in [-0.4, -0.2) is 4.90 Å². The van der Waals surface area contributed by atoms with E-state index in [0.29, 0.717) is 0 Å². The Morgan fingerprint density at radius 3 is 1.45 bits per heavy atom. The molecule has 0 fully saturated rings. The molecule has 168 valence electrons. The van der Waals surface area contributed by atoms with Crippen molar-refractivity contribution in [1.29, 1.82) is 0 Å². The summed E-state index contributed by atoms with van der Waals surface area (Å²) in [6, 6.07) is 43.5. The number of benzene rings is 4. The van der Waals surface area contributed by atoms with Gasteiger partial charge in [0.05, 0.1) is 5.66 Å². The van der Waals surface area contributed by atoms with Crippen molar-refractivity contribution in [3.8, 4) is 0 Å². The van der Waals surface area contributed by atoms with Gasteiger partial charge in [0.25, 0.3) is 0 Å². The minimum atomic E-state index is -0.401. The lowest BCUT2D eigenvalue weighted by Crippen LogP contribution is -2.55. The Morgan fingerprint density at radius 1 is 0.606 bits per heavy atom. The summed E-state index contributed by atoms with van der Waals surface area (Å²) < 4.78 is 0. The normalized spacial score (nSPS) is 15.0. The van der Waals surface area contributed by atoms with E-state index < -0.39 is 5.66 Å². The Kier molecular flexibility index (Phi) is 7.39. The van der Waals surface area contributed by atoms with Crippen LogP contribution in [0.2, 0.25) is 0 Å². The molecule has 0 aliphatic rings. The van der Waals surface area contributed by atoms with Crippen LogP contribution in [0.5, 0.6) is 0 Å². The van der Waals surface area contributed by atoms with Gasteiger partial charge in [-0.3, -0.25) is 10.2 Å². The van der Waals surface area contributed by atoms with E-state index in [0.717, 1.165) is 6.54 Å². The van der Waals surface area contributed by atoms with Gasteiger partial charge in [-0.15, -0.1) is 0 Å². The molecule has 33 heavy (non-hydrogen) atoms. The lowest BCUT2D eigenvalue weighted by molar-refractivity contribution is -0.00804. The number of nitrogens with zero attached hydrogens (tertiary/aromatic N) is 1. The van der Waals surface area contributed by atoms with Crippen LogP contribution in [-0.2, 0) is 12.2 Å². The highest BCUT2D eigenvalue weighted by Crippen LogP contribution is 2.41. The minimum Gasteiger partial charge on any atom is -0.291 e. The van der Waals surface area contributed by atoms with E-state index in [4.69, 9.17) is 0 Å². The molecule has 4 rings (SSSR count). The van der Waals surface area contributed by atoms with Gasteiger partial charge in [-0.05, 0) is 43.0 Å². The smallest absolute Gasteiger partial charge is 0.0958 e. The highest BCUT2D eigenvalue weighted by molar-refractivity contribution is 5.29. The molecule has 2 nitrogen and oxygen atoms in total. The average Bonchev–Trinajstić information content (AvgIpc) is 2.89. The molecule has 4 aromatic carbocycles. The van der Waals surface area contributed by atoms with Crippen molar-refractivity contribution in [2.75, 3.05) is 0 Å². The Hall–Kier alpha value is -3.20. The third kappa shape index (κ3) is 5.24. The van der Waals surface area contributed by atoms with Gasteiger partial charge in [-0.25, -0.2) is 0 Å². The second-order valence-electron chi connectivity index (χ2n) is 8.86. The highest BCUT2D eigenvalue weighted by Gasteiger charge is 2.40. The van der Waals surface area contributed by atoms with Crippen molar-refractivity contribution in [3.05, 3.63) is 144 Å². The van der Waals surface area contributed by atoms with Gasteiger partial charge in [-0.1, -0.05) is 121 Å². The molecule has 0 radical (unpaired) electrons. The summed E-state index contributed by atoms with van der Waals surface area (Å²) in [4.78, 5) is 2.62. The number of rotatable bonds is 9. The first-order valence-corrected chi connectivity index (χ1v) is 11.8. The summed E-state index contributed by atoms with van der Waals surface area (Å²) in [5.41, 5.74) is 4.75. The largest absolute Gasteiger partial charge is 0.291 e. The van der Waals surface area contributed by atoms with Crippen molar-refractivity contribution >= 4 is 0 Å². The molecular formula is C31H34N2. The SMILES string of the molecule is CC(c1ccccc1)N(C(C)c1ccccc1)C(C)(NCc1ccccc1)c1ccccc1. The standard InChI is InChI=1S/C31H34N2/c1-25(28-18-10-5-11-19-28)33(26(2)29-20-12-6-13-21-29)31(3,30-22-14-7-15-23-30)32-24-27-16-8-4-9-17-27/h4-23,25-26,32H,24H2,1-3H3. The molecule has 3 atom stereocenters. The predicted octanol–water partition coefficient (Wildman–Crippen LogP) is 7.47. The molecule has 0 heterocycles. The Labute approximate surface area is 198 Å². The fourth-order valence-electron chi connectivity index (χ4n) is 4.87. The van der Waals surface area contributed by atoms with E-state index >= 15 is 0 Å². The van der Waals surface area contributed by atoms with Crippen LogP contribution in [0.1, 0.15) is 55.1 Å². The molecule has 4 aromatic rings. The molecule has 0 spiro atoms. The first kappa shape index (κ1) is 23.0. The summed E-state index contributed by atoms with van der Waals surface area (Å²) in [6.07, 6.45) is 0. The van der Waals surface area contributed by atoms with Crippen molar-refractivity contribution in [2.24, 2.45) is 0 Å². The minimum absolute atomic E-state index is 0.190. The van der Waals surface area contributed by atoms with Crippen LogP contribution in [0.4, 0.5) is 0 Å². The van der Waals surface area contributed by atoms with Gasteiger partial charge in [0.2, 0.25) is 0 Å². The van der Waals surface area contributed by atoms with E-state index in [1.807, 2.05) is 0 Å². The molecule has 0 aromatic heterocycles. The summed E-state index contributed by atoms with van der Waals surface area (Å²) >= 11 is 0. The molecular weight excluding hydrogens is 400 g/mol. The van der Waals surface area contributed by atoms with E-state index in [1.165, 1.54) is 22.3 Å². The molecule has 0 amide bonds. The van der Waals surface area contributed by atoms with Gasteiger partial charge in [0, 0.05) is 18.6 Å². The lowest BCUT2D eigenvalue weighted by Gasteiger charge is -2.49. The van der Waals surface area contributed by atoms with Gasteiger partial charge in [0.1, 0.15) is 0 Å². The van der Waals surface area contributed by atoms with Crippen LogP contribution < -0.4 is 5.32 Å². The van der Waals surface area contributed by atoms with Crippen molar-refractivity contribution < 1.29 is 0 Å². The van der Waals surface area contributed by atoms with Crippen LogP contribution in [0.3, 0.4) is 0 Å². The summed E-state index contributed by atoms with van der Waals surface area (Å²) in [7, 11) is 0. The lowest BCUT2D eigenvalue weighted by atomic mass is 9.91. The maximum absolute atomic E-state index is 3.96. The molecule has 0 saturated heterocycles. The second kappa shape index (κ2) is 10.6. The topological polar surface area (TPSA) is 15.3 Å². The van der Waals surface area contributed by atoms with E-state index in [2.05, 4.69) is 152 Å². The zero-order chi connectivity index (χ0) is 23.1. The monoisotopic (exact) mass is 434 g/mol. The molecule has 0 bridgehead atoms. The van der Waals surface area contributed by atoms with Crippen molar-refractivity contribution in [1.82, 2.24) is 10.2 Å². The van der Waals surface area contributed by atoms with Crippen LogP contribution in [0.25, 0.3) is 0 Å². The fourth-order valence-corrected chi connectivity index (χ4v) is 4.87. The molecule has 2 heteroatoms. The van der Waals surface area contributed by atoms with Crippen molar-refractivity contribution in [3.63, 3.8) is 0 Å². The van der Waals surface area contributed by atoms with Gasteiger partial charge in [-0.2, -0.15) is 0 Å². The maximum atomic E-state index is 3.96. The second-order valence-corrected chi connectivity index (χ2v) is 8.86. The van der Waals surface area contributed by atoms with E-state index in [1.54, 1.807) is 0 Å². The third-order valence-electron chi connectivity index (χ3n) is 6.73. The predicted molar refractivity (Wildman–Crippen MR) is 139 cm³/mol. The van der Waals surface area contributed by atoms with Crippen LogP contribution in [0, 0.1) is 0 Å². The summed E-state index contributed by atoms with van der Waals surface area (Å²) in [6.45, 7) is 7.75. The van der Waals surface area contributed by atoms with Crippen LogP contribution >= 0.6 is 0 Å². The van der Waals surface area contributed by atoms with Crippen LogP contribution in [0.15, 0.2) is 121 Å². The van der Waals surface area contributed by atoms with Gasteiger partial charge in [0.15, 0.2) is 0 Å². The third-order valence-corrected chi connectivity index (χ3v) is 6.73. The Balaban J connectivity index is 1.81. The average molecular weight is 435 g/mol. The summed E-state index contributed by atoms with van der Waals surface area (Å²) in [5.74, 6) is 0. The van der Waals surface area contributed by atoms with Crippen molar-refractivity contribution in [2.45, 2.75) is 45.1 Å². The zero-order valence-corrected chi connectivity index (χ0v) is 19.9. The first-order valence-electron chi connectivity index (χ1n) is 11.8.